The number of nitrogens with one attached hydrogen (secondary N) is 4. The maximum absolute atomic E-state index is 14.8. The fourth-order valence-corrected chi connectivity index (χ4v) is 9.93. The van der Waals surface area contributed by atoms with Gasteiger partial charge in [-0.1, -0.05) is 39.8 Å². The van der Waals surface area contributed by atoms with Gasteiger partial charge in [-0.2, -0.15) is 0 Å². The van der Waals surface area contributed by atoms with Crippen LogP contribution in [-0.4, -0.2) is 130 Å². The minimum atomic E-state index is -1.23. The minimum absolute atomic E-state index is 0.00921. The lowest BCUT2D eigenvalue weighted by Gasteiger charge is -2.36. The summed E-state index contributed by atoms with van der Waals surface area (Å²) in [6.07, 6.45) is 6.27. The highest BCUT2D eigenvalue weighted by atomic mass is 16.5. The van der Waals surface area contributed by atoms with Crippen molar-refractivity contribution in [1.29, 1.82) is 0 Å². The van der Waals surface area contributed by atoms with Gasteiger partial charge in [0, 0.05) is 67.9 Å². The third-order valence-electron chi connectivity index (χ3n) is 13.5. The summed E-state index contributed by atoms with van der Waals surface area (Å²) in [5.41, 5.74) is 9.77. The van der Waals surface area contributed by atoms with Gasteiger partial charge >= 0.3 is 11.9 Å². The number of hydrazine groups is 1. The van der Waals surface area contributed by atoms with Crippen molar-refractivity contribution in [2.24, 2.45) is 11.3 Å². The summed E-state index contributed by atoms with van der Waals surface area (Å²) in [5, 5.41) is 22.0. The molecule has 2 aromatic carbocycles. The van der Waals surface area contributed by atoms with E-state index in [1.807, 2.05) is 24.4 Å². The molecule has 8 rings (SSSR count). The molecule has 0 aliphatic carbocycles. The molecule has 3 aliphatic rings. The molecule has 3 aliphatic heterocycles. The second-order valence-corrected chi connectivity index (χ2v) is 19.9. The van der Waals surface area contributed by atoms with Crippen LogP contribution in [0.4, 0.5) is 5.69 Å². The predicted octanol–water partition coefficient (Wildman–Crippen LogP) is 4.53. The van der Waals surface area contributed by atoms with Gasteiger partial charge in [0.15, 0.2) is 0 Å². The quantitative estimate of drug-likeness (QED) is 0.0852. The number of fused-ring (bicyclic) bond motifs is 6. The van der Waals surface area contributed by atoms with E-state index in [2.05, 4.69) is 73.6 Å². The summed E-state index contributed by atoms with van der Waals surface area (Å²) in [7, 11) is 4.37. The number of phenols is 1. The van der Waals surface area contributed by atoms with Crippen LogP contribution in [0.3, 0.4) is 0 Å². The monoisotopic (exact) mass is 985 g/mol. The average molecular weight is 986 g/mol. The van der Waals surface area contributed by atoms with Crippen LogP contribution in [0.15, 0.2) is 73.2 Å². The summed E-state index contributed by atoms with van der Waals surface area (Å²) in [6, 6.07) is 11.5. The number of ether oxygens (including phenoxy) is 3. The normalized spacial score (nSPS) is 20.3. The number of amides is 4. The van der Waals surface area contributed by atoms with Crippen LogP contribution in [0, 0.1) is 11.3 Å². The number of hydrogen-bond donors (Lipinski definition) is 5. The topological polar surface area (TPSA) is 246 Å². The van der Waals surface area contributed by atoms with E-state index in [1.165, 1.54) is 42.4 Å². The SMILES string of the molecule is CCn1c(-c2cnccc2COC)c2c3cc(ccc31)-c1cc(O)cc(c1)C[C@H](NC(=O)[C@H](C(C)C)N(C)C(=O)c1ccc(NC(=O)[C@@H]3N[C@H]3C(=O)OC)cn1)C(=O)N1CCC[C@H](N1)C(=O)OCC(C)(C)C2. The number of benzene rings is 2. The van der Waals surface area contributed by atoms with Crippen LogP contribution >= 0.6 is 0 Å². The first-order valence-electron chi connectivity index (χ1n) is 24.2. The van der Waals surface area contributed by atoms with Gasteiger partial charge in [-0.3, -0.25) is 44.1 Å². The number of pyridine rings is 2. The summed E-state index contributed by atoms with van der Waals surface area (Å²) in [6.45, 7) is 11.1. The number of aromatic hydroxyl groups is 1. The number of cyclic esters (lactones) is 1. The highest BCUT2D eigenvalue weighted by molar-refractivity contribution is 6.03. The molecular weight excluding hydrogens is 923 g/mol. The van der Waals surface area contributed by atoms with Gasteiger partial charge in [-0.15, -0.1) is 0 Å². The van der Waals surface area contributed by atoms with Crippen molar-refractivity contribution in [1.82, 2.24) is 40.5 Å². The number of aromatic nitrogens is 3. The van der Waals surface area contributed by atoms with Gasteiger partial charge in [0.05, 0.1) is 37.9 Å². The Bertz CT molecular complexity index is 2900. The van der Waals surface area contributed by atoms with Crippen LogP contribution in [0.1, 0.15) is 74.6 Å². The first kappa shape index (κ1) is 51.1. The van der Waals surface area contributed by atoms with E-state index in [-0.39, 0.29) is 36.7 Å². The Morgan fingerprint density at radius 2 is 1.81 bits per heavy atom. The first-order valence-corrected chi connectivity index (χ1v) is 24.2. The zero-order chi connectivity index (χ0) is 51.6. The van der Waals surface area contributed by atoms with Gasteiger partial charge in [0.25, 0.3) is 11.8 Å². The van der Waals surface area contributed by atoms with E-state index >= 15 is 0 Å². The van der Waals surface area contributed by atoms with Gasteiger partial charge in [-0.25, -0.2) is 10.4 Å². The molecule has 0 spiro atoms. The molecule has 0 saturated carbocycles. The van der Waals surface area contributed by atoms with Crippen molar-refractivity contribution in [2.45, 2.75) is 104 Å². The van der Waals surface area contributed by atoms with E-state index in [4.69, 9.17) is 9.47 Å². The maximum Gasteiger partial charge on any atom is 0.325 e. The molecule has 5 atom stereocenters. The third kappa shape index (κ3) is 10.8. The predicted molar refractivity (Wildman–Crippen MR) is 267 cm³/mol. The van der Waals surface area contributed by atoms with Crippen molar-refractivity contribution in [3.05, 3.63) is 95.6 Å². The number of methoxy groups -OCH3 is 2. The maximum atomic E-state index is 14.8. The average Bonchev–Trinajstić information content (AvgIpc) is 4.12. The smallest absolute Gasteiger partial charge is 0.325 e. The lowest BCUT2D eigenvalue weighted by molar-refractivity contribution is -0.155. The molecule has 5 aromatic rings. The van der Waals surface area contributed by atoms with E-state index in [0.29, 0.717) is 43.5 Å². The number of carbonyl (C=O) groups is 6. The number of likely N-dealkylation sites (N-methyl/N-ethyl adjacent to an activating group) is 1. The summed E-state index contributed by atoms with van der Waals surface area (Å²) < 4.78 is 18.7. The van der Waals surface area contributed by atoms with E-state index < -0.39 is 77.1 Å². The molecule has 2 saturated heterocycles. The van der Waals surface area contributed by atoms with Crippen molar-refractivity contribution in [3.63, 3.8) is 0 Å². The van der Waals surface area contributed by atoms with Crippen molar-refractivity contribution < 1.29 is 48.1 Å². The Morgan fingerprint density at radius 1 is 1.01 bits per heavy atom. The van der Waals surface area contributed by atoms with Gasteiger partial charge < -0.3 is 39.4 Å². The standard InChI is InChI=1S/C53H63N9O10/c1-9-61-42-15-12-31-23-36(42)37(46(61)38-26-54-17-16-32(38)27-70-7)24-53(4,5)28-72-51(68)40-11-10-18-62(59-40)50(67)41(21-30-19-33(31)22-35(63)20-30)57-48(65)45(29(2)3)60(6)49(66)39-14-13-34(25-55-39)56-47(64)43-44(58-43)52(69)71-8/h12-17,19-20,22-23,25-26,29,40-41,43-45,58-59,63H,9-11,18,21,24,27-28H2,1-8H3,(H,56,64)(H,57,65)/t40-,41-,43+,44+,45-/m0/s1. The highest BCUT2D eigenvalue weighted by Crippen LogP contribution is 2.41. The number of aryl methyl sites for hydroxylation is 1. The number of nitrogens with zero attached hydrogens (tertiary/aromatic N) is 5. The molecule has 0 radical (unpaired) electrons. The lowest BCUT2D eigenvalue weighted by Crippen LogP contribution is -2.62. The summed E-state index contributed by atoms with van der Waals surface area (Å²) in [5.74, 6) is -3.76. The first-order chi connectivity index (χ1) is 34.4. The lowest BCUT2D eigenvalue weighted by atomic mass is 9.84. The number of phenolic OH excluding ortho intramolecular Hbond substituents is 1. The van der Waals surface area contributed by atoms with Gasteiger partial charge in [0.2, 0.25) is 11.8 Å². The Hall–Kier alpha value is -7.22. The molecule has 3 aromatic heterocycles. The molecule has 2 fully saturated rings. The molecule has 380 valence electrons. The molecular formula is C53H63N9O10. The fourth-order valence-electron chi connectivity index (χ4n) is 9.93. The Morgan fingerprint density at radius 3 is 2.51 bits per heavy atom. The van der Waals surface area contributed by atoms with E-state index in [0.717, 1.165) is 38.9 Å². The molecule has 0 unspecified atom stereocenters. The minimum Gasteiger partial charge on any atom is -0.508 e. The van der Waals surface area contributed by atoms with Crippen molar-refractivity contribution in [3.8, 4) is 28.1 Å². The summed E-state index contributed by atoms with van der Waals surface area (Å²) in [4.78, 5) is 91.8. The molecule has 19 nitrogen and oxygen atoms in total. The highest BCUT2D eigenvalue weighted by Gasteiger charge is 2.48. The number of hydrogen-bond acceptors (Lipinski definition) is 14. The van der Waals surface area contributed by atoms with E-state index in [1.54, 1.807) is 39.3 Å². The van der Waals surface area contributed by atoms with Crippen LogP contribution in [0.2, 0.25) is 0 Å². The van der Waals surface area contributed by atoms with E-state index in [9.17, 15) is 33.9 Å². The van der Waals surface area contributed by atoms with Crippen LogP contribution < -0.4 is 21.4 Å². The molecule has 6 bridgehead atoms. The zero-order valence-corrected chi connectivity index (χ0v) is 41.9. The van der Waals surface area contributed by atoms with Crippen LogP contribution in [0.5, 0.6) is 5.75 Å². The zero-order valence-electron chi connectivity index (χ0n) is 41.9. The molecule has 19 heteroatoms. The molecule has 5 N–H and O–H groups in total. The fraction of sp³-hybridized carbons (Fsp3) is 0.434. The second kappa shape index (κ2) is 21.2. The second-order valence-electron chi connectivity index (χ2n) is 19.9. The molecule has 6 heterocycles. The van der Waals surface area contributed by atoms with Crippen molar-refractivity contribution in [2.75, 3.05) is 39.7 Å². The van der Waals surface area contributed by atoms with Crippen molar-refractivity contribution >= 4 is 52.2 Å². The third-order valence-corrected chi connectivity index (χ3v) is 13.5. The number of carbonyl (C=O) groups excluding carboxylic acids is 6. The van der Waals surface area contributed by atoms with Gasteiger partial charge in [-0.05, 0) is 102 Å². The van der Waals surface area contributed by atoms with Gasteiger partial charge in [0.1, 0.15) is 41.7 Å². The largest absolute Gasteiger partial charge is 0.508 e. The number of esters is 2. The summed E-state index contributed by atoms with van der Waals surface area (Å²) >= 11 is 0. The van der Waals surface area contributed by atoms with Crippen LogP contribution in [-0.2, 0) is 64.2 Å². The Balaban J connectivity index is 1.13. The Labute approximate surface area is 418 Å². The molecule has 4 amide bonds. The number of anilines is 1. The number of rotatable bonds is 12. The van der Waals surface area contributed by atoms with Crippen LogP contribution in [0.25, 0.3) is 33.3 Å². The molecule has 72 heavy (non-hydrogen) atoms. The Kier molecular flexibility index (Phi) is 15.1.